The zero-order valence-electron chi connectivity index (χ0n) is 12.6. The van der Waals surface area contributed by atoms with Crippen LogP contribution in [0.5, 0.6) is 0 Å². The average molecular weight is 440 g/mol. The van der Waals surface area contributed by atoms with Gasteiger partial charge in [-0.25, -0.2) is 0 Å². The minimum absolute atomic E-state index is 0.448. The van der Waals surface area contributed by atoms with E-state index in [9.17, 15) is 4.57 Å². The molecule has 3 rings (SSSR count). The van der Waals surface area contributed by atoms with Gasteiger partial charge in [0, 0.05) is 31.3 Å². The monoisotopic (exact) mass is 438 g/mol. The Bertz CT molecular complexity index is 825. The fraction of sp³-hybridized carbons (Fsp3) is 0.0526. The molecule has 0 saturated carbocycles. The molecule has 0 amide bonds. The molecular formula is C19H14BrCl2OP. The predicted molar refractivity (Wildman–Crippen MR) is 108 cm³/mol. The lowest BCUT2D eigenvalue weighted by Crippen LogP contribution is -2.17. The molecule has 0 aromatic heterocycles. The Kier molecular flexibility index (Phi) is 5.52. The van der Waals surface area contributed by atoms with E-state index >= 15 is 0 Å². The first-order valence-corrected chi connectivity index (χ1v) is 10.8. The maximum Gasteiger partial charge on any atom is 0.147 e. The molecule has 0 fully saturated rings. The Morgan fingerprint density at radius 2 is 1.12 bits per heavy atom. The lowest BCUT2D eigenvalue weighted by atomic mass is 10.2. The van der Waals surface area contributed by atoms with Gasteiger partial charge in [0.05, 0.1) is 0 Å². The van der Waals surface area contributed by atoms with Gasteiger partial charge in [-0.2, -0.15) is 0 Å². The Hall–Kier alpha value is -1.05. The predicted octanol–water partition coefficient (Wildman–Crippen LogP) is 6.27. The van der Waals surface area contributed by atoms with Gasteiger partial charge in [0.1, 0.15) is 7.14 Å². The summed E-state index contributed by atoms with van der Waals surface area (Å²) in [6.07, 6.45) is 0.448. The van der Waals surface area contributed by atoms with Crippen molar-refractivity contribution in [2.45, 2.75) is 6.16 Å². The quantitative estimate of drug-likeness (QED) is 0.438. The number of hydrogen-bond acceptors (Lipinski definition) is 1. The summed E-state index contributed by atoms with van der Waals surface area (Å²) in [6.45, 7) is 0. The van der Waals surface area contributed by atoms with Gasteiger partial charge in [-0.1, -0.05) is 51.3 Å². The molecule has 0 bridgehead atoms. The van der Waals surface area contributed by atoms with E-state index in [0.29, 0.717) is 16.2 Å². The lowest BCUT2D eigenvalue weighted by molar-refractivity contribution is 0.586. The minimum Gasteiger partial charge on any atom is -0.313 e. The van der Waals surface area contributed by atoms with E-state index in [1.807, 2.05) is 48.5 Å². The van der Waals surface area contributed by atoms with Crippen LogP contribution in [0.1, 0.15) is 5.56 Å². The summed E-state index contributed by atoms with van der Waals surface area (Å²) in [5, 5.41) is 2.84. The van der Waals surface area contributed by atoms with E-state index < -0.39 is 7.14 Å². The maximum absolute atomic E-state index is 14.0. The van der Waals surface area contributed by atoms with Gasteiger partial charge < -0.3 is 4.57 Å². The lowest BCUT2D eigenvalue weighted by Gasteiger charge is -2.20. The van der Waals surface area contributed by atoms with Crippen LogP contribution in [-0.4, -0.2) is 0 Å². The zero-order chi connectivity index (χ0) is 17.2. The molecule has 3 aromatic rings. The Morgan fingerprint density at radius 1 is 0.708 bits per heavy atom. The third-order valence-electron chi connectivity index (χ3n) is 3.81. The summed E-state index contributed by atoms with van der Waals surface area (Å²) >= 11 is 15.4. The molecule has 0 N–H and O–H groups in total. The van der Waals surface area contributed by atoms with Crippen molar-refractivity contribution in [3.8, 4) is 0 Å². The number of benzene rings is 3. The van der Waals surface area contributed by atoms with Gasteiger partial charge in [-0.05, 0) is 66.2 Å². The van der Waals surface area contributed by atoms with Crippen LogP contribution >= 0.6 is 46.3 Å². The summed E-state index contributed by atoms with van der Waals surface area (Å²) < 4.78 is 15.0. The number of halogens is 3. The topological polar surface area (TPSA) is 17.1 Å². The van der Waals surface area contributed by atoms with Gasteiger partial charge in [-0.15, -0.1) is 0 Å². The van der Waals surface area contributed by atoms with Crippen molar-refractivity contribution in [2.24, 2.45) is 0 Å². The first-order chi connectivity index (χ1) is 11.5. The highest BCUT2D eigenvalue weighted by molar-refractivity contribution is 9.10. The van der Waals surface area contributed by atoms with Gasteiger partial charge in [-0.3, -0.25) is 0 Å². The molecule has 0 saturated heterocycles. The molecule has 0 radical (unpaired) electrons. The first-order valence-electron chi connectivity index (χ1n) is 7.33. The van der Waals surface area contributed by atoms with Gasteiger partial charge in [0.25, 0.3) is 0 Å². The fourth-order valence-electron chi connectivity index (χ4n) is 2.54. The molecule has 0 heterocycles. The largest absolute Gasteiger partial charge is 0.313 e. The van der Waals surface area contributed by atoms with Crippen LogP contribution in [0.4, 0.5) is 0 Å². The SMILES string of the molecule is O=P(Cc1ccc(Br)cc1)(c1ccc(Cl)cc1)c1ccc(Cl)cc1. The zero-order valence-corrected chi connectivity index (χ0v) is 16.6. The maximum atomic E-state index is 14.0. The molecule has 0 aliphatic heterocycles. The molecule has 1 nitrogen and oxygen atoms in total. The molecule has 122 valence electrons. The van der Waals surface area contributed by atoms with E-state index in [4.69, 9.17) is 23.2 Å². The normalized spacial score (nSPS) is 11.5. The van der Waals surface area contributed by atoms with Crippen molar-refractivity contribution in [2.75, 3.05) is 0 Å². The highest BCUT2D eigenvalue weighted by Crippen LogP contribution is 2.47. The van der Waals surface area contributed by atoms with Crippen LogP contribution in [0.15, 0.2) is 77.3 Å². The fourth-order valence-corrected chi connectivity index (χ4v) is 5.71. The Labute approximate surface area is 160 Å². The number of hydrogen-bond donors (Lipinski definition) is 0. The van der Waals surface area contributed by atoms with Crippen molar-refractivity contribution in [3.05, 3.63) is 92.9 Å². The van der Waals surface area contributed by atoms with Crippen molar-refractivity contribution < 1.29 is 4.57 Å². The first kappa shape index (κ1) is 17.8. The van der Waals surface area contributed by atoms with E-state index in [-0.39, 0.29) is 0 Å². The molecule has 0 spiro atoms. The van der Waals surface area contributed by atoms with Crippen LogP contribution in [0, 0.1) is 0 Å². The highest BCUT2D eigenvalue weighted by Gasteiger charge is 2.27. The third-order valence-corrected chi connectivity index (χ3v) is 7.91. The standard InChI is InChI=1S/C19H14BrCl2OP/c20-15-3-1-14(2-4-15)13-24(23,18-9-5-16(21)6-10-18)19-11-7-17(22)8-12-19/h1-12H,13H2. The van der Waals surface area contributed by atoms with Crippen LogP contribution in [0.25, 0.3) is 0 Å². The molecule has 0 aliphatic rings. The van der Waals surface area contributed by atoms with E-state index in [0.717, 1.165) is 20.6 Å². The Balaban J connectivity index is 2.09. The summed E-state index contributed by atoms with van der Waals surface area (Å²) in [5.41, 5.74) is 1.02. The van der Waals surface area contributed by atoms with E-state index in [2.05, 4.69) is 15.9 Å². The average Bonchev–Trinajstić information content (AvgIpc) is 2.58. The number of rotatable bonds is 4. The molecule has 0 unspecified atom stereocenters. The van der Waals surface area contributed by atoms with E-state index in [1.165, 1.54) is 0 Å². The van der Waals surface area contributed by atoms with Crippen LogP contribution in [0.2, 0.25) is 10.0 Å². The van der Waals surface area contributed by atoms with Crippen LogP contribution in [-0.2, 0) is 10.7 Å². The summed E-state index contributed by atoms with van der Waals surface area (Å²) in [5.74, 6) is 0. The van der Waals surface area contributed by atoms with Crippen molar-refractivity contribution >= 4 is 56.9 Å². The molecule has 0 aliphatic carbocycles. The molecule has 5 heteroatoms. The van der Waals surface area contributed by atoms with Gasteiger partial charge in [0.2, 0.25) is 0 Å². The molecular weight excluding hydrogens is 426 g/mol. The summed E-state index contributed by atoms with van der Waals surface area (Å²) in [4.78, 5) is 0. The minimum atomic E-state index is -2.83. The molecule has 24 heavy (non-hydrogen) atoms. The second kappa shape index (κ2) is 7.45. The van der Waals surface area contributed by atoms with Crippen molar-refractivity contribution in [1.82, 2.24) is 0 Å². The van der Waals surface area contributed by atoms with Crippen molar-refractivity contribution in [1.29, 1.82) is 0 Å². The van der Waals surface area contributed by atoms with Crippen molar-refractivity contribution in [3.63, 3.8) is 0 Å². The van der Waals surface area contributed by atoms with Crippen LogP contribution in [0.3, 0.4) is 0 Å². The smallest absolute Gasteiger partial charge is 0.147 e. The van der Waals surface area contributed by atoms with E-state index in [1.54, 1.807) is 24.3 Å². The van der Waals surface area contributed by atoms with Crippen LogP contribution < -0.4 is 10.6 Å². The third kappa shape index (κ3) is 3.95. The Morgan fingerprint density at radius 3 is 1.54 bits per heavy atom. The second-order valence-electron chi connectivity index (χ2n) is 5.48. The summed E-state index contributed by atoms with van der Waals surface area (Å²) in [6, 6.07) is 22.4. The molecule has 3 aromatic carbocycles. The molecule has 0 atom stereocenters. The van der Waals surface area contributed by atoms with Gasteiger partial charge >= 0.3 is 0 Å². The highest BCUT2D eigenvalue weighted by atomic mass is 79.9. The summed E-state index contributed by atoms with van der Waals surface area (Å²) in [7, 11) is -2.83. The second-order valence-corrected chi connectivity index (χ2v) is 10.1. The van der Waals surface area contributed by atoms with Gasteiger partial charge in [0.15, 0.2) is 0 Å².